The molecule has 0 fully saturated rings. The second-order valence-electron chi connectivity index (χ2n) is 4.06. The summed E-state index contributed by atoms with van der Waals surface area (Å²) in [4.78, 5) is 10.8. The molecule has 1 N–H and O–H groups in total. The van der Waals surface area contributed by atoms with Crippen molar-refractivity contribution in [3.8, 4) is 0 Å². The van der Waals surface area contributed by atoms with Crippen LogP contribution in [0.1, 0.15) is 47.4 Å². The third-order valence-electron chi connectivity index (χ3n) is 2.83. The summed E-state index contributed by atoms with van der Waals surface area (Å²) < 4.78 is 1.90. The Morgan fingerprint density at radius 3 is 2.50 bits per heavy atom. The van der Waals surface area contributed by atoms with E-state index >= 15 is 0 Å². The van der Waals surface area contributed by atoms with E-state index in [-0.39, 0.29) is 6.61 Å². The number of rotatable bonds is 7. The first-order chi connectivity index (χ1) is 7.70. The minimum atomic E-state index is 0.273. The van der Waals surface area contributed by atoms with E-state index in [0.717, 1.165) is 55.5 Å². The Kier molecular flexibility index (Phi) is 5.19. The molecule has 0 bridgehead atoms. The number of aldehydes is 1. The second-order valence-corrected chi connectivity index (χ2v) is 4.06. The molecular formula is C12H20N2O2. The summed E-state index contributed by atoms with van der Waals surface area (Å²) in [6.07, 6.45) is 4.93. The van der Waals surface area contributed by atoms with E-state index in [4.69, 9.17) is 5.11 Å². The molecule has 0 unspecified atom stereocenters. The van der Waals surface area contributed by atoms with Crippen LogP contribution in [0.25, 0.3) is 0 Å². The number of aromatic nitrogens is 2. The molecule has 16 heavy (non-hydrogen) atoms. The monoisotopic (exact) mass is 224 g/mol. The van der Waals surface area contributed by atoms with Gasteiger partial charge in [0.1, 0.15) is 0 Å². The largest absolute Gasteiger partial charge is 0.396 e. The molecule has 4 nitrogen and oxygen atoms in total. The molecule has 0 aromatic carbocycles. The molecule has 0 amide bonds. The Labute approximate surface area is 96.3 Å². The van der Waals surface area contributed by atoms with Crippen LogP contribution >= 0.6 is 0 Å². The molecular weight excluding hydrogens is 204 g/mol. The minimum absolute atomic E-state index is 0.273. The minimum Gasteiger partial charge on any atom is -0.396 e. The summed E-state index contributed by atoms with van der Waals surface area (Å²) in [6, 6.07) is 0. The zero-order chi connectivity index (χ0) is 12.0. The maximum absolute atomic E-state index is 10.8. The maximum Gasteiger partial charge on any atom is 0.153 e. The highest BCUT2D eigenvalue weighted by atomic mass is 16.2. The van der Waals surface area contributed by atoms with Crippen molar-refractivity contribution >= 4 is 6.29 Å². The van der Waals surface area contributed by atoms with Gasteiger partial charge in [-0.15, -0.1) is 0 Å². The van der Waals surface area contributed by atoms with Gasteiger partial charge in [0.15, 0.2) is 6.29 Å². The number of unbranched alkanes of at least 4 members (excludes halogenated alkanes) is 3. The molecule has 1 rings (SSSR count). The van der Waals surface area contributed by atoms with Crippen molar-refractivity contribution in [3.63, 3.8) is 0 Å². The van der Waals surface area contributed by atoms with E-state index in [1.54, 1.807) is 0 Å². The van der Waals surface area contributed by atoms with Gasteiger partial charge in [-0.2, -0.15) is 5.10 Å². The van der Waals surface area contributed by atoms with Gasteiger partial charge in [-0.1, -0.05) is 12.8 Å². The fourth-order valence-corrected chi connectivity index (χ4v) is 1.83. The van der Waals surface area contributed by atoms with Crippen LogP contribution in [-0.4, -0.2) is 27.8 Å². The first-order valence-corrected chi connectivity index (χ1v) is 5.80. The highest BCUT2D eigenvalue weighted by Crippen LogP contribution is 2.11. The molecule has 0 aliphatic heterocycles. The topological polar surface area (TPSA) is 55.1 Å². The van der Waals surface area contributed by atoms with Crippen LogP contribution in [0, 0.1) is 13.8 Å². The lowest BCUT2D eigenvalue weighted by molar-refractivity contribution is 0.112. The molecule has 4 heteroatoms. The van der Waals surface area contributed by atoms with E-state index in [1.165, 1.54) is 0 Å². The maximum atomic E-state index is 10.8. The average Bonchev–Trinajstić information content (AvgIpc) is 2.53. The van der Waals surface area contributed by atoms with Gasteiger partial charge in [0, 0.05) is 18.8 Å². The third kappa shape index (κ3) is 3.17. The van der Waals surface area contributed by atoms with Crippen molar-refractivity contribution in [1.82, 2.24) is 9.78 Å². The number of carbonyl (C=O) groups excluding carboxylic acids is 1. The standard InChI is InChI=1S/C12H20N2O2/c1-10-12(9-16)11(2)14(13-10)7-5-3-4-6-8-15/h9,15H,3-8H2,1-2H3. The Hall–Kier alpha value is -1.16. The number of aliphatic hydroxyl groups is 1. The van der Waals surface area contributed by atoms with Crippen LogP contribution in [0.4, 0.5) is 0 Å². The highest BCUT2D eigenvalue weighted by Gasteiger charge is 2.09. The molecule has 0 aliphatic carbocycles. The smallest absolute Gasteiger partial charge is 0.153 e. The second kappa shape index (κ2) is 6.43. The molecule has 0 atom stereocenters. The van der Waals surface area contributed by atoms with E-state index < -0.39 is 0 Å². The van der Waals surface area contributed by atoms with Gasteiger partial charge in [-0.25, -0.2) is 0 Å². The molecule has 90 valence electrons. The van der Waals surface area contributed by atoms with Crippen LogP contribution in [-0.2, 0) is 6.54 Å². The highest BCUT2D eigenvalue weighted by molar-refractivity contribution is 5.77. The van der Waals surface area contributed by atoms with E-state index in [1.807, 2.05) is 18.5 Å². The fraction of sp³-hybridized carbons (Fsp3) is 0.667. The first-order valence-electron chi connectivity index (χ1n) is 5.80. The van der Waals surface area contributed by atoms with Crippen LogP contribution in [0.5, 0.6) is 0 Å². The van der Waals surface area contributed by atoms with Crippen LogP contribution in [0.15, 0.2) is 0 Å². The normalized spacial score (nSPS) is 10.7. The molecule has 0 aliphatic rings. The van der Waals surface area contributed by atoms with Gasteiger partial charge in [0.25, 0.3) is 0 Å². The van der Waals surface area contributed by atoms with Gasteiger partial charge in [0.2, 0.25) is 0 Å². The van der Waals surface area contributed by atoms with Crippen molar-refractivity contribution in [2.45, 2.75) is 46.1 Å². The first kappa shape index (κ1) is 12.9. The van der Waals surface area contributed by atoms with Gasteiger partial charge < -0.3 is 5.11 Å². The zero-order valence-electron chi connectivity index (χ0n) is 10.1. The van der Waals surface area contributed by atoms with Crippen LogP contribution in [0.3, 0.4) is 0 Å². The number of aliphatic hydroxyl groups excluding tert-OH is 1. The lowest BCUT2D eigenvalue weighted by atomic mass is 10.2. The summed E-state index contributed by atoms with van der Waals surface area (Å²) in [5, 5.41) is 13.0. The summed E-state index contributed by atoms with van der Waals surface area (Å²) in [6.45, 7) is 4.91. The molecule has 0 saturated carbocycles. The molecule has 1 aromatic rings. The predicted octanol–water partition coefficient (Wildman–Crippen LogP) is 1.87. The Balaban J connectivity index is 2.45. The van der Waals surface area contributed by atoms with Crippen molar-refractivity contribution in [2.24, 2.45) is 0 Å². The zero-order valence-corrected chi connectivity index (χ0v) is 10.1. The number of hydrogen-bond acceptors (Lipinski definition) is 3. The fourth-order valence-electron chi connectivity index (χ4n) is 1.83. The van der Waals surface area contributed by atoms with Crippen molar-refractivity contribution in [3.05, 3.63) is 17.0 Å². The predicted molar refractivity (Wildman–Crippen MR) is 62.6 cm³/mol. The average molecular weight is 224 g/mol. The lowest BCUT2D eigenvalue weighted by Gasteiger charge is -2.03. The lowest BCUT2D eigenvalue weighted by Crippen LogP contribution is -2.03. The summed E-state index contributed by atoms with van der Waals surface area (Å²) in [5.74, 6) is 0. The Morgan fingerprint density at radius 1 is 1.25 bits per heavy atom. The third-order valence-corrected chi connectivity index (χ3v) is 2.83. The van der Waals surface area contributed by atoms with Crippen molar-refractivity contribution in [1.29, 1.82) is 0 Å². The molecule has 0 spiro atoms. The molecule has 0 radical (unpaired) electrons. The Morgan fingerprint density at radius 2 is 1.94 bits per heavy atom. The summed E-state index contributed by atoms with van der Waals surface area (Å²) in [5.41, 5.74) is 2.48. The van der Waals surface area contributed by atoms with Gasteiger partial charge in [-0.3, -0.25) is 9.48 Å². The quantitative estimate of drug-likeness (QED) is 0.568. The van der Waals surface area contributed by atoms with Gasteiger partial charge in [0.05, 0.1) is 11.3 Å². The number of carbonyl (C=O) groups is 1. The number of hydrogen-bond donors (Lipinski definition) is 1. The SMILES string of the molecule is Cc1nn(CCCCCCO)c(C)c1C=O. The number of aryl methyl sites for hydroxylation is 2. The van der Waals surface area contributed by atoms with Crippen LogP contribution < -0.4 is 0 Å². The van der Waals surface area contributed by atoms with Crippen LogP contribution in [0.2, 0.25) is 0 Å². The van der Waals surface area contributed by atoms with E-state index in [0.29, 0.717) is 0 Å². The molecule has 1 heterocycles. The summed E-state index contributed by atoms with van der Waals surface area (Å²) in [7, 11) is 0. The molecule has 1 aromatic heterocycles. The number of nitrogens with zero attached hydrogens (tertiary/aromatic N) is 2. The van der Waals surface area contributed by atoms with E-state index in [9.17, 15) is 4.79 Å². The van der Waals surface area contributed by atoms with Crippen molar-refractivity contribution < 1.29 is 9.90 Å². The van der Waals surface area contributed by atoms with E-state index in [2.05, 4.69) is 5.10 Å². The Bertz CT molecular complexity index is 345. The van der Waals surface area contributed by atoms with Crippen molar-refractivity contribution in [2.75, 3.05) is 6.61 Å². The van der Waals surface area contributed by atoms with Gasteiger partial charge >= 0.3 is 0 Å². The van der Waals surface area contributed by atoms with Gasteiger partial charge in [-0.05, 0) is 26.7 Å². The molecule has 0 saturated heterocycles. The summed E-state index contributed by atoms with van der Waals surface area (Å²) >= 11 is 0.